The first kappa shape index (κ1) is 13.3. The molecule has 2 nitrogen and oxygen atoms in total. The first-order valence-corrected chi connectivity index (χ1v) is 5.64. The van der Waals surface area contributed by atoms with Crippen LogP contribution in [0.25, 0.3) is 11.1 Å². The molecule has 2 aromatic rings. The molecule has 0 aliphatic heterocycles. The molecule has 0 heterocycles. The van der Waals surface area contributed by atoms with Crippen LogP contribution >= 0.6 is 0 Å². The highest BCUT2D eigenvalue weighted by molar-refractivity contribution is 5.66. The lowest BCUT2D eigenvalue weighted by atomic mass is 10.0. The van der Waals surface area contributed by atoms with Crippen molar-refractivity contribution >= 4 is 0 Å². The lowest BCUT2D eigenvalue weighted by molar-refractivity contribution is 0.338. The summed E-state index contributed by atoms with van der Waals surface area (Å²) in [5.41, 5.74) is -0.351. The van der Waals surface area contributed by atoms with E-state index in [0.717, 1.165) is 18.2 Å². The van der Waals surface area contributed by atoms with Crippen molar-refractivity contribution in [1.82, 2.24) is 0 Å². The van der Waals surface area contributed by atoms with Crippen LogP contribution in [0.1, 0.15) is 6.92 Å². The number of phenolic OH excluding ortho intramolecular Hbond substituents is 1. The number of ether oxygens (including phenoxy) is 1. The number of benzene rings is 2. The topological polar surface area (TPSA) is 29.5 Å². The molecular formula is C14H11F3O2. The normalized spacial score (nSPS) is 10.5. The Labute approximate surface area is 108 Å². The van der Waals surface area contributed by atoms with E-state index in [1.165, 1.54) is 12.1 Å². The van der Waals surface area contributed by atoms with Gasteiger partial charge >= 0.3 is 0 Å². The van der Waals surface area contributed by atoms with Gasteiger partial charge in [-0.25, -0.2) is 8.78 Å². The van der Waals surface area contributed by atoms with Gasteiger partial charge in [0.25, 0.3) is 0 Å². The minimum atomic E-state index is -1.40. The van der Waals surface area contributed by atoms with Gasteiger partial charge < -0.3 is 9.84 Å². The molecule has 0 unspecified atom stereocenters. The Kier molecular flexibility index (Phi) is 3.64. The van der Waals surface area contributed by atoms with Crippen LogP contribution in [-0.2, 0) is 0 Å². The van der Waals surface area contributed by atoms with Gasteiger partial charge in [0.2, 0.25) is 5.82 Å². The van der Waals surface area contributed by atoms with Crippen molar-refractivity contribution in [2.75, 3.05) is 6.61 Å². The number of halogens is 3. The van der Waals surface area contributed by atoms with E-state index < -0.39 is 23.2 Å². The molecule has 0 saturated heterocycles. The Morgan fingerprint density at radius 2 is 1.68 bits per heavy atom. The lowest BCUT2D eigenvalue weighted by Crippen LogP contribution is -1.95. The summed E-state index contributed by atoms with van der Waals surface area (Å²) >= 11 is 0. The Balaban J connectivity index is 2.51. The Morgan fingerprint density at radius 1 is 1.00 bits per heavy atom. The molecule has 2 aromatic carbocycles. The van der Waals surface area contributed by atoms with E-state index in [1.807, 2.05) is 0 Å². The van der Waals surface area contributed by atoms with Crippen molar-refractivity contribution in [2.45, 2.75) is 6.92 Å². The van der Waals surface area contributed by atoms with Crippen molar-refractivity contribution in [3.05, 3.63) is 47.8 Å². The Hall–Kier alpha value is -2.17. The molecule has 0 amide bonds. The number of hydrogen-bond acceptors (Lipinski definition) is 2. The van der Waals surface area contributed by atoms with Crippen LogP contribution in [0.2, 0.25) is 0 Å². The Bertz CT molecular complexity index is 612. The summed E-state index contributed by atoms with van der Waals surface area (Å²) in [7, 11) is 0. The fourth-order valence-electron chi connectivity index (χ4n) is 1.72. The molecule has 5 heteroatoms. The zero-order valence-electron chi connectivity index (χ0n) is 10.1. The third kappa shape index (κ3) is 2.50. The van der Waals surface area contributed by atoms with Gasteiger partial charge in [-0.05, 0) is 31.2 Å². The maximum atomic E-state index is 13.8. The SMILES string of the molecule is CCOc1ccc(-c2ccc(O)c(F)c2F)c(F)c1. The Morgan fingerprint density at radius 3 is 2.32 bits per heavy atom. The van der Waals surface area contributed by atoms with E-state index >= 15 is 0 Å². The fraction of sp³-hybridized carbons (Fsp3) is 0.143. The molecule has 0 aliphatic carbocycles. The summed E-state index contributed by atoms with van der Waals surface area (Å²) in [6.45, 7) is 2.13. The van der Waals surface area contributed by atoms with Gasteiger partial charge in [-0.2, -0.15) is 4.39 Å². The van der Waals surface area contributed by atoms with Gasteiger partial charge in [-0.3, -0.25) is 0 Å². The maximum absolute atomic E-state index is 13.8. The van der Waals surface area contributed by atoms with Gasteiger partial charge in [0.05, 0.1) is 6.61 Å². The summed E-state index contributed by atoms with van der Waals surface area (Å²) in [4.78, 5) is 0. The monoisotopic (exact) mass is 268 g/mol. The van der Waals surface area contributed by atoms with E-state index in [0.29, 0.717) is 12.4 Å². The second kappa shape index (κ2) is 5.22. The van der Waals surface area contributed by atoms with Crippen molar-refractivity contribution in [2.24, 2.45) is 0 Å². The molecule has 1 N–H and O–H groups in total. The average molecular weight is 268 g/mol. The minimum Gasteiger partial charge on any atom is -0.505 e. The van der Waals surface area contributed by atoms with Gasteiger partial charge in [-0.15, -0.1) is 0 Å². The smallest absolute Gasteiger partial charge is 0.200 e. The van der Waals surface area contributed by atoms with E-state index in [-0.39, 0.29) is 11.1 Å². The van der Waals surface area contributed by atoms with Crippen LogP contribution in [0.5, 0.6) is 11.5 Å². The van der Waals surface area contributed by atoms with Crippen LogP contribution in [0, 0.1) is 17.5 Å². The number of aromatic hydroxyl groups is 1. The minimum absolute atomic E-state index is 0.0974. The van der Waals surface area contributed by atoms with Crippen molar-refractivity contribution in [1.29, 1.82) is 0 Å². The van der Waals surface area contributed by atoms with E-state index in [4.69, 9.17) is 9.84 Å². The van der Waals surface area contributed by atoms with Crippen LogP contribution in [-0.4, -0.2) is 11.7 Å². The third-order valence-corrected chi connectivity index (χ3v) is 2.60. The number of hydrogen-bond donors (Lipinski definition) is 1. The summed E-state index contributed by atoms with van der Waals surface area (Å²) in [5, 5.41) is 9.03. The highest BCUT2D eigenvalue weighted by Gasteiger charge is 2.17. The molecule has 0 atom stereocenters. The standard InChI is InChI=1S/C14H11F3O2/c1-2-19-8-3-4-9(11(15)7-8)10-5-6-12(18)14(17)13(10)16/h3-7,18H,2H2,1H3. The second-order valence-corrected chi connectivity index (χ2v) is 3.83. The van der Waals surface area contributed by atoms with Crippen molar-refractivity contribution < 1.29 is 23.0 Å². The predicted octanol–water partition coefficient (Wildman–Crippen LogP) is 3.88. The molecule has 0 bridgehead atoms. The fourth-order valence-corrected chi connectivity index (χ4v) is 1.72. The predicted molar refractivity (Wildman–Crippen MR) is 64.6 cm³/mol. The van der Waals surface area contributed by atoms with Crippen LogP contribution < -0.4 is 4.74 Å². The second-order valence-electron chi connectivity index (χ2n) is 3.83. The quantitative estimate of drug-likeness (QED) is 0.915. The summed E-state index contributed by atoms with van der Waals surface area (Å²) in [6, 6.07) is 5.96. The van der Waals surface area contributed by atoms with Gasteiger partial charge in [-0.1, -0.05) is 0 Å². The van der Waals surface area contributed by atoms with Crippen LogP contribution in [0.15, 0.2) is 30.3 Å². The summed E-state index contributed by atoms with van der Waals surface area (Å²) in [5.74, 6) is -3.92. The molecule has 0 fully saturated rings. The third-order valence-electron chi connectivity index (χ3n) is 2.60. The zero-order chi connectivity index (χ0) is 14.0. The van der Waals surface area contributed by atoms with Crippen LogP contribution in [0.3, 0.4) is 0 Å². The maximum Gasteiger partial charge on any atom is 0.200 e. The van der Waals surface area contributed by atoms with E-state index in [9.17, 15) is 13.2 Å². The highest BCUT2D eigenvalue weighted by atomic mass is 19.2. The number of rotatable bonds is 3. The molecule has 0 aromatic heterocycles. The van der Waals surface area contributed by atoms with Crippen LogP contribution in [0.4, 0.5) is 13.2 Å². The van der Waals surface area contributed by atoms with E-state index in [1.54, 1.807) is 6.92 Å². The largest absolute Gasteiger partial charge is 0.505 e. The van der Waals surface area contributed by atoms with Crippen molar-refractivity contribution in [3.63, 3.8) is 0 Å². The summed E-state index contributed by atoms with van der Waals surface area (Å²) < 4.78 is 45.8. The molecular weight excluding hydrogens is 257 g/mol. The molecule has 0 spiro atoms. The van der Waals surface area contributed by atoms with Crippen molar-refractivity contribution in [3.8, 4) is 22.6 Å². The molecule has 0 aliphatic rings. The molecule has 0 saturated carbocycles. The van der Waals surface area contributed by atoms with Gasteiger partial charge in [0, 0.05) is 17.2 Å². The molecule has 2 rings (SSSR count). The number of phenols is 1. The highest BCUT2D eigenvalue weighted by Crippen LogP contribution is 2.32. The first-order valence-electron chi connectivity index (χ1n) is 5.64. The lowest BCUT2D eigenvalue weighted by Gasteiger charge is -2.09. The van der Waals surface area contributed by atoms with Gasteiger partial charge in [0.15, 0.2) is 11.6 Å². The zero-order valence-corrected chi connectivity index (χ0v) is 10.1. The molecule has 100 valence electrons. The first-order chi connectivity index (χ1) is 9.04. The summed E-state index contributed by atoms with van der Waals surface area (Å²) in [6.07, 6.45) is 0. The average Bonchev–Trinajstić information content (AvgIpc) is 2.38. The molecule has 0 radical (unpaired) electrons. The van der Waals surface area contributed by atoms with Gasteiger partial charge in [0.1, 0.15) is 11.6 Å². The van der Waals surface area contributed by atoms with E-state index in [2.05, 4.69) is 0 Å². The molecule has 19 heavy (non-hydrogen) atoms.